The van der Waals surface area contributed by atoms with Crippen molar-refractivity contribution in [3.8, 4) is 17.2 Å². The van der Waals surface area contributed by atoms with Crippen molar-refractivity contribution in [2.75, 3.05) is 26.2 Å². The molecule has 1 unspecified atom stereocenters. The van der Waals surface area contributed by atoms with Crippen molar-refractivity contribution in [1.29, 1.82) is 0 Å². The van der Waals surface area contributed by atoms with E-state index in [4.69, 9.17) is 14.2 Å². The Morgan fingerprint density at radius 3 is 2.23 bits per heavy atom. The number of carbonyl (C=O) groups is 2. The highest BCUT2D eigenvalue weighted by molar-refractivity contribution is 6.51. The van der Waals surface area contributed by atoms with Gasteiger partial charge in [-0.05, 0) is 61.4 Å². The number of Topliss-reactive ketones (excluding diaryl/α,β-unsaturated/α-hetero) is 1. The van der Waals surface area contributed by atoms with E-state index >= 15 is 0 Å². The molecule has 1 heterocycles. The van der Waals surface area contributed by atoms with Crippen molar-refractivity contribution in [3.63, 3.8) is 0 Å². The van der Waals surface area contributed by atoms with Gasteiger partial charge >= 0.3 is 0 Å². The van der Waals surface area contributed by atoms with Crippen LogP contribution in [0.2, 0.25) is 0 Å². The Labute approximate surface area is 204 Å². The maximum absolute atomic E-state index is 13.5. The number of rotatable bonds is 6. The molecule has 0 saturated carbocycles. The van der Waals surface area contributed by atoms with Crippen molar-refractivity contribution in [2.24, 2.45) is 0 Å². The molecule has 1 atom stereocenters. The van der Waals surface area contributed by atoms with Gasteiger partial charge in [0.15, 0.2) is 0 Å². The van der Waals surface area contributed by atoms with Crippen LogP contribution >= 0.6 is 0 Å². The topological polar surface area (TPSA) is 85.3 Å². The summed E-state index contributed by atoms with van der Waals surface area (Å²) in [6.45, 7) is 3.84. The van der Waals surface area contributed by atoms with Crippen LogP contribution in [0.5, 0.6) is 17.2 Å². The molecule has 35 heavy (non-hydrogen) atoms. The second kappa shape index (κ2) is 9.54. The highest BCUT2D eigenvalue weighted by atomic mass is 16.5. The van der Waals surface area contributed by atoms with Gasteiger partial charge in [-0.15, -0.1) is 0 Å². The average Bonchev–Trinajstić information content (AvgIpc) is 3.13. The molecular weight excluding hydrogens is 446 g/mol. The van der Waals surface area contributed by atoms with Gasteiger partial charge in [-0.25, -0.2) is 0 Å². The summed E-state index contributed by atoms with van der Waals surface area (Å²) in [5.74, 6) is -0.500. The lowest BCUT2D eigenvalue weighted by Crippen LogP contribution is -2.30. The molecule has 7 nitrogen and oxygen atoms in total. The smallest absolute Gasteiger partial charge is 0.300 e. The van der Waals surface area contributed by atoms with Crippen molar-refractivity contribution in [2.45, 2.75) is 19.9 Å². The van der Waals surface area contributed by atoms with E-state index in [0.29, 0.717) is 28.5 Å². The number of anilines is 1. The van der Waals surface area contributed by atoms with Crippen LogP contribution in [0.25, 0.3) is 5.76 Å². The average molecular weight is 474 g/mol. The Balaban J connectivity index is 2.02. The van der Waals surface area contributed by atoms with Gasteiger partial charge in [-0.2, -0.15) is 0 Å². The van der Waals surface area contributed by atoms with Crippen LogP contribution < -0.4 is 19.1 Å². The molecule has 0 aromatic heterocycles. The predicted molar refractivity (Wildman–Crippen MR) is 133 cm³/mol. The number of aryl methyl sites for hydroxylation is 2. The number of benzene rings is 3. The number of hydrogen-bond donors (Lipinski definition) is 1. The van der Waals surface area contributed by atoms with Crippen molar-refractivity contribution in [1.82, 2.24) is 0 Å². The van der Waals surface area contributed by atoms with E-state index in [1.54, 1.807) is 49.6 Å². The fourth-order valence-corrected chi connectivity index (χ4v) is 4.43. The SMILES string of the molecule is COc1cccc(C2/C(=C(\O)c3cc(OC)ccc3OC)C(=O)C(=O)N2c2ccc(C)cc2C)c1. The Hall–Kier alpha value is -4.26. The normalized spacial score (nSPS) is 16.9. The third-order valence-corrected chi connectivity index (χ3v) is 6.13. The van der Waals surface area contributed by atoms with E-state index in [0.717, 1.165) is 11.1 Å². The fourth-order valence-electron chi connectivity index (χ4n) is 4.43. The van der Waals surface area contributed by atoms with Crippen LogP contribution in [-0.4, -0.2) is 38.1 Å². The Morgan fingerprint density at radius 2 is 1.57 bits per heavy atom. The van der Waals surface area contributed by atoms with Crippen LogP contribution in [0.15, 0.2) is 66.2 Å². The van der Waals surface area contributed by atoms with Gasteiger partial charge in [0.25, 0.3) is 11.7 Å². The minimum absolute atomic E-state index is 0.0465. The van der Waals surface area contributed by atoms with Crippen molar-refractivity contribution >= 4 is 23.1 Å². The van der Waals surface area contributed by atoms with Crippen molar-refractivity contribution < 1.29 is 28.9 Å². The number of amides is 1. The van der Waals surface area contributed by atoms with Crippen LogP contribution in [0.4, 0.5) is 5.69 Å². The maximum Gasteiger partial charge on any atom is 0.300 e. The zero-order valence-corrected chi connectivity index (χ0v) is 20.3. The van der Waals surface area contributed by atoms with Crippen LogP contribution in [-0.2, 0) is 9.59 Å². The molecule has 0 spiro atoms. The summed E-state index contributed by atoms with van der Waals surface area (Å²) in [6, 6.07) is 16.8. The minimum atomic E-state index is -0.887. The van der Waals surface area contributed by atoms with E-state index in [2.05, 4.69) is 0 Å². The molecule has 4 rings (SSSR count). The first-order valence-corrected chi connectivity index (χ1v) is 11.0. The minimum Gasteiger partial charge on any atom is -0.507 e. The highest BCUT2D eigenvalue weighted by Gasteiger charge is 2.47. The number of ketones is 1. The Bertz CT molecular complexity index is 1340. The van der Waals surface area contributed by atoms with Crippen LogP contribution in [0, 0.1) is 13.8 Å². The van der Waals surface area contributed by atoms with E-state index < -0.39 is 17.7 Å². The predicted octanol–water partition coefficient (Wildman–Crippen LogP) is 4.96. The molecule has 0 aliphatic carbocycles. The molecule has 180 valence electrons. The summed E-state index contributed by atoms with van der Waals surface area (Å²) in [6.07, 6.45) is 0. The molecule has 3 aromatic rings. The Morgan fingerprint density at radius 1 is 0.857 bits per heavy atom. The quantitative estimate of drug-likeness (QED) is 0.310. The van der Waals surface area contributed by atoms with Crippen LogP contribution in [0.1, 0.15) is 28.3 Å². The summed E-state index contributed by atoms with van der Waals surface area (Å²) >= 11 is 0. The van der Waals surface area contributed by atoms with E-state index in [9.17, 15) is 14.7 Å². The molecule has 0 bridgehead atoms. The lowest BCUT2D eigenvalue weighted by atomic mass is 9.94. The zero-order valence-electron chi connectivity index (χ0n) is 20.3. The number of methoxy groups -OCH3 is 3. The van der Waals surface area contributed by atoms with E-state index in [1.165, 1.54) is 19.1 Å². The van der Waals surface area contributed by atoms with Gasteiger partial charge in [0, 0.05) is 5.69 Å². The molecule has 1 saturated heterocycles. The van der Waals surface area contributed by atoms with E-state index in [1.807, 2.05) is 32.0 Å². The zero-order chi connectivity index (χ0) is 25.3. The van der Waals surface area contributed by atoms with E-state index in [-0.39, 0.29) is 16.9 Å². The molecular formula is C28H27NO6. The number of carbonyl (C=O) groups excluding carboxylic acids is 2. The lowest BCUT2D eigenvalue weighted by molar-refractivity contribution is -0.132. The van der Waals surface area contributed by atoms with Crippen molar-refractivity contribution in [3.05, 3.63) is 88.5 Å². The molecule has 3 aromatic carbocycles. The largest absolute Gasteiger partial charge is 0.507 e. The standard InChI is InChI=1S/C28H27NO6/c1-16-9-11-22(17(2)13-16)29-25(18-7-6-8-19(14-18)33-3)24(27(31)28(29)32)26(30)21-15-20(34-4)10-12-23(21)35-5/h6-15,25,30H,1-5H3/b26-24+. The summed E-state index contributed by atoms with van der Waals surface area (Å²) < 4.78 is 16.1. The summed E-state index contributed by atoms with van der Waals surface area (Å²) in [7, 11) is 4.51. The second-order valence-electron chi connectivity index (χ2n) is 8.30. The first-order chi connectivity index (χ1) is 16.8. The molecule has 1 aliphatic heterocycles. The van der Waals surface area contributed by atoms with Gasteiger partial charge in [0.2, 0.25) is 0 Å². The summed E-state index contributed by atoms with van der Waals surface area (Å²) in [5, 5.41) is 11.5. The van der Waals surface area contributed by atoms with Gasteiger partial charge in [-0.1, -0.05) is 29.8 Å². The van der Waals surface area contributed by atoms with Crippen LogP contribution in [0.3, 0.4) is 0 Å². The number of aliphatic hydroxyl groups is 1. The lowest BCUT2D eigenvalue weighted by Gasteiger charge is -2.27. The molecule has 1 amide bonds. The highest BCUT2D eigenvalue weighted by Crippen LogP contribution is 2.45. The number of hydrogen-bond acceptors (Lipinski definition) is 6. The number of nitrogens with zero attached hydrogens (tertiary/aromatic N) is 1. The van der Waals surface area contributed by atoms with Gasteiger partial charge in [0.1, 0.15) is 23.0 Å². The summed E-state index contributed by atoms with van der Waals surface area (Å²) in [5.41, 5.74) is 3.27. The second-order valence-corrected chi connectivity index (χ2v) is 8.30. The summed E-state index contributed by atoms with van der Waals surface area (Å²) in [4.78, 5) is 28.3. The number of aliphatic hydroxyl groups excluding tert-OH is 1. The third kappa shape index (κ3) is 4.21. The molecule has 1 aliphatic rings. The monoisotopic (exact) mass is 473 g/mol. The first-order valence-electron chi connectivity index (χ1n) is 11.0. The molecule has 7 heteroatoms. The maximum atomic E-state index is 13.5. The third-order valence-electron chi connectivity index (χ3n) is 6.13. The van der Waals surface area contributed by atoms with Gasteiger partial charge in [0.05, 0.1) is 38.5 Å². The molecule has 1 fully saturated rings. The fraction of sp³-hybridized carbons (Fsp3) is 0.214. The van der Waals surface area contributed by atoms with Gasteiger partial charge in [-0.3, -0.25) is 14.5 Å². The van der Waals surface area contributed by atoms with Gasteiger partial charge < -0.3 is 19.3 Å². The molecule has 0 radical (unpaired) electrons. The first kappa shape index (κ1) is 23.9. The molecule has 1 N–H and O–H groups in total. The number of ether oxygens (including phenoxy) is 3. The Kier molecular flexibility index (Phi) is 6.51.